The Morgan fingerprint density at radius 1 is 1.30 bits per heavy atom. The van der Waals surface area contributed by atoms with Crippen molar-refractivity contribution in [2.75, 3.05) is 32.6 Å². The molecule has 0 spiro atoms. The largest absolute Gasteiger partial charge is 0.375 e. The fourth-order valence-electron chi connectivity index (χ4n) is 3.87. The van der Waals surface area contributed by atoms with Gasteiger partial charge in [0.05, 0.1) is 0 Å². The maximum atomic E-state index is 5.48. The highest BCUT2D eigenvalue weighted by Crippen LogP contribution is 2.30. The normalized spacial score (nSPS) is 16.9. The van der Waals surface area contributed by atoms with E-state index in [9.17, 15) is 0 Å². The molecule has 1 atom stereocenters. The highest BCUT2D eigenvalue weighted by atomic mass is 32.2. The molecule has 0 radical (unpaired) electrons. The monoisotopic (exact) mass is 430 g/mol. The summed E-state index contributed by atoms with van der Waals surface area (Å²) in [4.78, 5) is 6.63. The molecular formula is C27H46N2S. The Morgan fingerprint density at radius 3 is 2.30 bits per heavy atom. The maximum Gasteiger partial charge on any atom is 0.107 e. The van der Waals surface area contributed by atoms with Gasteiger partial charge >= 0.3 is 0 Å². The third-order valence-electron chi connectivity index (χ3n) is 5.54. The predicted molar refractivity (Wildman–Crippen MR) is 140 cm³/mol. The van der Waals surface area contributed by atoms with Crippen molar-refractivity contribution >= 4 is 17.5 Å². The van der Waals surface area contributed by atoms with Crippen molar-refractivity contribution < 1.29 is 0 Å². The molecule has 0 aromatic rings. The van der Waals surface area contributed by atoms with E-state index in [-0.39, 0.29) is 0 Å². The molecule has 1 heterocycles. The predicted octanol–water partition coefficient (Wildman–Crippen LogP) is 7.25. The molecular weight excluding hydrogens is 384 g/mol. The Labute approximate surface area is 192 Å². The Kier molecular flexibility index (Phi) is 14.7. The lowest BCUT2D eigenvalue weighted by Gasteiger charge is -2.37. The van der Waals surface area contributed by atoms with Gasteiger partial charge in [0.15, 0.2) is 0 Å². The van der Waals surface area contributed by atoms with Crippen molar-refractivity contribution in [2.45, 2.75) is 66.2 Å². The van der Waals surface area contributed by atoms with E-state index in [4.69, 9.17) is 6.42 Å². The van der Waals surface area contributed by atoms with E-state index in [1.807, 2.05) is 24.7 Å². The van der Waals surface area contributed by atoms with Crippen LogP contribution in [0.1, 0.15) is 66.2 Å². The number of aliphatic imine (C=N–C) groups is 1. The number of rotatable bonds is 9. The minimum atomic E-state index is 0.322. The lowest BCUT2D eigenvalue weighted by atomic mass is 9.86. The smallest absolute Gasteiger partial charge is 0.107 e. The van der Waals surface area contributed by atoms with Crippen LogP contribution < -0.4 is 0 Å². The van der Waals surface area contributed by atoms with E-state index in [0.717, 1.165) is 12.3 Å². The summed E-state index contributed by atoms with van der Waals surface area (Å²) >= 11 is 1.75. The molecule has 1 aliphatic rings. The van der Waals surface area contributed by atoms with Gasteiger partial charge in [0.1, 0.15) is 5.71 Å². The number of allylic oxidation sites excluding steroid dienone is 4. The van der Waals surface area contributed by atoms with Crippen LogP contribution in [-0.2, 0) is 0 Å². The van der Waals surface area contributed by atoms with E-state index in [0.29, 0.717) is 17.0 Å². The highest BCUT2D eigenvalue weighted by molar-refractivity contribution is 7.97. The van der Waals surface area contributed by atoms with Crippen LogP contribution in [0.2, 0.25) is 0 Å². The summed E-state index contributed by atoms with van der Waals surface area (Å²) in [5.41, 5.74) is 3.53. The van der Waals surface area contributed by atoms with Gasteiger partial charge in [-0.2, -0.15) is 11.8 Å². The van der Waals surface area contributed by atoms with E-state index < -0.39 is 0 Å². The fourth-order valence-corrected chi connectivity index (χ4v) is 3.87. The number of piperidine rings is 1. The molecule has 0 aromatic heterocycles. The molecule has 0 aliphatic carbocycles. The SMILES string of the molecule is C#CC(/C=C(\C=C)C(C)CCCC1CCN(C(=C)CC(C)(C)C)CC1)=NC.CSC. The van der Waals surface area contributed by atoms with Crippen molar-refractivity contribution in [1.29, 1.82) is 0 Å². The first kappa shape index (κ1) is 28.6. The Morgan fingerprint density at radius 2 is 1.87 bits per heavy atom. The molecule has 3 heteroatoms. The van der Waals surface area contributed by atoms with E-state index >= 15 is 0 Å². The number of thioether (sulfide) groups is 1. The lowest BCUT2D eigenvalue weighted by Crippen LogP contribution is -2.34. The molecule has 1 fully saturated rings. The maximum absolute atomic E-state index is 5.48. The first-order chi connectivity index (χ1) is 14.1. The van der Waals surface area contributed by atoms with Crippen LogP contribution in [-0.4, -0.2) is 43.3 Å². The van der Waals surface area contributed by atoms with Crippen LogP contribution in [0.4, 0.5) is 0 Å². The summed E-state index contributed by atoms with van der Waals surface area (Å²) in [6.45, 7) is 19.7. The van der Waals surface area contributed by atoms with Gasteiger partial charge in [-0.1, -0.05) is 65.7 Å². The third-order valence-corrected chi connectivity index (χ3v) is 5.54. The second kappa shape index (κ2) is 15.4. The van der Waals surface area contributed by atoms with Crippen LogP contribution in [0, 0.1) is 29.6 Å². The summed E-state index contributed by atoms with van der Waals surface area (Å²) in [7, 11) is 1.74. The first-order valence-corrected chi connectivity index (χ1v) is 12.8. The van der Waals surface area contributed by atoms with Crippen molar-refractivity contribution in [2.24, 2.45) is 22.2 Å². The van der Waals surface area contributed by atoms with E-state index in [1.165, 1.54) is 56.5 Å². The van der Waals surface area contributed by atoms with Crippen LogP contribution in [0.15, 0.2) is 41.6 Å². The second-order valence-corrected chi connectivity index (χ2v) is 10.4. The molecule has 1 rings (SSSR count). The molecule has 30 heavy (non-hydrogen) atoms. The third kappa shape index (κ3) is 12.3. The Hall–Kier alpha value is -1.40. The van der Waals surface area contributed by atoms with Crippen molar-refractivity contribution in [3.8, 4) is 12.3 Å². The van der Waals surface area contributed by atoms with Crippen LogP contribution in [0.5, 0.6) is 0 Å². The van der Waals surface area contributed by atoms with Crippen molar-refractivity contribution in [3.05, 3.63) is 36.6 Å². The zero-order valence-electron chi connectivity index (χ0n) is 20.8. The van der Waals surface area contributed by atoms with Crippen molar-refractivity contribution in [3.63, 3.8) is 0 Å². The van der Waals surface area contributed by atoms with Gasteiger partial charge < -0.3 is 4.90 Å². The van der Waals surface area contributed by atoms with Gasteiger partial charge in [0.2, 0.25) is 0 Å². The molecule has 170 valence electrons. The first-order valence-electron chi connectivity index (χ1n) is 11.2. The number of likely N-dealkylation sites (tertiary alicyclic amines) is 1. The van der Waals surface area contributed by atoms with Crippen molar-refractivity contribution in [1.82, 2.24) is 4.90 Å². The van der Waals surface area contributed by atoms with Gasteiger partial charge in [-0.05, 0) is 67.1 Å². The number of terminal acetylenes is 1. The molecule has 1 saturated heterocycles. The minimum absolute atomic E-state index is 0.322. The lowest BCUT2D eigenvalue weighted by molar-refractivity contribution is 0.198. The fraction of sp³-hybridized carbons (Fsp3) is 0.667. The molecule has 0 amide bonds. The second-order valence-electron chi connectivity index (χ2n) is 9.58. The molecule has 0 N–H and O–H groups in total. The van der Waals surface area contributed by atoms with Gasteiger partial charge in [0.25, 0.3) is 0 Å². The van der Waals surface area contributed by atoms with Gasteiger partial charge in [-0.3, -0.25) is 4.99 Å². The number of nitrogens with zero attached hydrogens (tertiary/aromatic N) is 2. The molecule has 0 aromatic carbocycles. The van der Waals surface area contributed by atoms with Gasteiger partial charge in [-0.15, -0.1) is 6.42 Å². The van der Waals surface area contributed by atoms with E-state index in [1.54, 1.807) is 18.8 Å². The Balaban J connectivity index is 0.00000263. The average molecular weight is 431 g/mol. The zero-order valence-corrected chi connectivity index (χ0v) is 21.6. The highest BCUT2D eigenvalue weighted by Gasteiger charge is 2.22. The number of hydrogen-bond acceptors (Lipinski definition) is 3. The average Bonchev–Trinajstić information content (AvgIpc) is 2.68. The topological polar surface area (TPSA) is 15.6 Å². The molecule has 2 nitrogen and oxygen atoms in total. The minimum Gasteiger partial charge on any atom is -0.375 e. The summed E-state index contributed by atoms with van der Waals surface area (Å²) in [6.07, 6.45) is 20.9. The molecule has 0 bridgehead atoms. The van der Waals surface area contributed by atoms with Gasteiger partial charge in [0, 0.05) is 25.8 Å². The van der Waals surface area contributed by atoms with E-state index in [2.05, 4.69) is 56.7 Å². The summed E-state index contributed by atoms with van der Waals surface area (Å²) in [5.74, 6) is 3.94. The van der Waals surface area contributed by atoms with Crippen LogP contribution in [0.25, 0.3) is 0 Å². The molecule has 1 aliphatic heterocycles. The quantitative estimate of drug-likeness (QED) is 0.217. The summed E-state index contributed by atoms with van der Waals surface area (Å²) in [6, 6.07) is 0. The number of hydrogen-bond donors (Lipinski definition) is 0. The molecule has 1 unspecified atom stereocenters. The molecule has 0 saturated carbocycles. The summed E-state index contributed by atoms with van der Waals surface area (Å²) < 4.78 is 0. The Bertz CT molecular complexity index is 608. The summed E-state index contributed by atoms with van der Waals surface area (Å²) in [5, 5.41) is 0. The van der Waals surface area contributed by atoms with Crippen LogP contribution >= 0.6 is 11.8 Å². The van der Waals surface area contributed by atoms with Gasteiger partial charge in [-0.25, -0.2) is 0 Å². The zero-order chi connectivity index (χ0) is 23.2. The standard InChI is InChI=1S/C25H40N2.C2H6S/c1-9-23(18-24(10-2)26-8)20(3)12-11-13-22-14-16-27(17-15-22)21(4)19-25(5,6)7;1-3-2/h2,9,18,20,22H,1,4,11-17,19H2,3,5-8H3;1-2H3/b23-18+,26-24?;. The van der Waals surface area contributed by atoms with Crippen LogP contribution in [0.3, 0.4) is 0 Å².